The van der Waals surface area contributed by atoms with Crippen molar-refractivity contribution in [2.24, 2.45) is 29.1 Å². The summed E-state index contributed by atoms with van der Waals surface area (Å²) in [5, 5.41) is 11.0. The maximum Gasteiger partial charge on any atom is 0.162 e. The second kappa shape index (κ2) is 9.06. The molecule has 0 amide bonds. The van der Waals surface area contributed by atoms with Crippen LogP contribution in [0.25, 0.3) is 0 Å². The lowest BCUT2D eigenvalue weighted by Gasteiger charge is -2.69. The zero-order chi connectivity index (χ0) is 23.6. The minimum atomic E-state index is -0.419. The van der Waals surface area contributed by atoms with E-state index in [2.05, 4.69) is 4.90 Å². The Bertz CT molecular complexity index is 808. The average molecular weight is 486 g/mol. The first-order valence-electron chi connectivity index (χ1n) is 15.4. The molecule has 5 aliphatic carbocycles. The molecule has 5 saturated carbocycles. The maximum absolute atomic E-state index is 13.4. The summed E-state index contributed by atoms with van der Waals surface area (Å²) in [6, 6.07) is 0.418. The van der Waals surface area contributed by atoms with Crippen LogP contribution in [0.4, 0.5) is 0 Å². The Morgan fingerprint density at radius 3 is 2.63 bits per heavy atom. The van der Waals surface area contributed by atoms with E-state index in [0.29, 0.717) is 30.1 Å². The number of ether oxygens (including phenoxy) is 2. The lowest BCUT2D eigenvalue weighted by Crippen LogP contribution is -2.78. The van der Waals surface area contributed by atoms with E-state index >= 15 is 0 Å². The monoisotopic (exact) mass is 485 g/mol. The van der Waals surface area contributed by atoms with Crippen LogP contribution in [0.15, 0.2) is 0 Å². The standard InChI is InChI=1S/C30H47NO4/c32-23-12-11-22-18-25-30(34-17-5-10-20-6-2-1-3-7-20)14-13-24(33)28-29(30,26(22)27(23)35-28)15-16-31(25)19-21-8-4-9-21/h20-23,25-28,32H,1-19H2/t22?,23?,25?,26?,27?,28-,29-,30+/m0/s1. The number of hydrogen-bond acceptors (Lipinski definition) is 5. The Labute approximate surface area is 211 Å². The molecule has 1 N–H and O–H groups in total. The van der Waals surface area contributed by atoms with E-state index < -0.39 is 6.10 Å². The number of carbonyl (C=O) groups excluding carboxylic acids is 1. The molecule has 5 heteroatoms. The van der Waals surface area contributed by atoms with Crippen molar-refractivity contribution in [1.82, 2.24) is 4.90 Å². The lowest BCUT2D eigenvalue weighted by molar-refractivity contribution is -0.273. The lowest BCUT2D eigenvalue weighted by atomic mass is 9.42. The highest BCUT2D eigenvalue weighted by molar-refractivity contribution is 5.86. The fourth-order valence-corrected chi connectivity index (χ4v) is 10.4. The van der Waals surface area contributed by atoms with E-state index in [9.17, 15) is 9.90 Å². The molecule has 0 radical (unpaired) electrons. The Balaban J connectivity index is 1.20. The van der Waals surface area contributed by atoms with Gasteiger partial charge >= 0.3 is 0 Å². The molecule has 7 aliphatic rings. The van der Waals surface area contributed by atoms with Crippen molar-refractivity contribution in [3.05, 3.63) is 0 Å². The SMILES string of the molecule is O=C1CC[C@@]2(OCCCC3CCCCC3)C3CC4CCC(O)C5O[C@@H]1[C@]2(CCN3CC1CCC1)C45. The minimum Gasteiger partial charge on any atom is -0.390 e. The van der Waals surface area contributed by atoms with Crippen molar-refractivity contribution < 1.29 is 19.4 Å². The average Bonchev–Trinajstić information content (AvgIpc) is 3.20. The molecule has 35 heavy (non-hydrogen) atoms. The number of nitrogens with zero attached hydrogens (tertiary/aromatic N) is 1. The van der Waals surface area contributed by atoms with Gasteiger partial charge in [0.2, 0.25) is 0 Å². The Hall–Kier alpha value is -0.490. The Morgan fingerprint density at radius 1 is 1.00 bits per heavy atom. The normalized spacial score (nSPS) is 48.0. The molecule has 5 unspecified atom stereocenters. The van der Waals surface area contributed by atoms with Gasteiger partial charge in [0.25, 0.3) is 0 Å². The zero-order valence-corrected chi connectivity index (χ0v) is 21.7. The fraction of sp³-hybridized carbons (Fsp3) is 0.967. The van der Waals surface area contributed by atoms with E-state index in [1.54, 1.807) is 0 Å². The number of likely N-dealkylation sites (tertiary alicyclic amines) is 1. The zero-order valence-electron chi connectivity index (χ0n) is 21.7. The fourth-order valence-electron chi connectivity index (χ4n) is 10.4. The van der Waals surface area contributed by atoms with Gasteiger partial charge in [-0.2, -0.15) is 0 Å². The van der Waals surface area contributed by atoms with Gasteiger partial charge in [-0.05, 0) is 82.1 Å². The van der Waals surface area contributed by atoms with Crippen LogP contribution < -0.4 is 0 Å². The number of hydrogen-bond donors (Lipinski definition) is 1. The van der Waals surface area contributed by atoms with Crippen molar-refractivity contribution in [2.75, 3.05) is 19.7 Å². The molecule has 0 aromatic rings. The van der Waals surface area contributed by atoms with Gasteiger partial charge in [0.05, 0.1) is 17.8 Å². The van der Waals surface area contributed by atoms with Crippen molar-refractivity contribution in [2.45, 2.75) is 133 Å². The van der Waals surface area contributed by atoms with Crippen LogP contribution >= 0.6 is 0 Å². The smallest absolute Gasteiger partial charge is 0.162 e. The summed E-state index contributed by atoms with van der Waals surface area (Å²) in [4.78, 5) is 16.2. The molecule has 2 aliphatic heterocycles. The van der Waals surface area contributed by atoms with Gasteiger partial charge in [0.1, 0.15) is 6.10 Å². The molecule has 8 atom stereocenters. The number of carbonyl (C=O) groups is 1. The van der Waals surface area contributed by atoms with Crippen molar-refractivity contribution >= 4 is 5.78 Å². The minimum absolute atomic E-state index is 0.162. The molecule has 1 spiro atoms. The molecular weight excluding hydrogens is 438 g/mol. The quantitative estimate of drug-likeness (QED) is 0.521. The maximum atomic E-state index is 13.4. The molecule has 7 rings (SSSR count). The van der Waals surface area contributed by atoms with Crippen LogP contribution in [0.2, 0.25) is 0 Å². The predicted octanol–water partition coefficient (Wildman–Crippen LogP) is 4.88. The summed E-state index contributed by atoms with van der Waals surface area (Å²) < 4.78 is 13.9. The highest BCUT2D eigenvalue weighted by atomic mass is 16.5. The highest BCUT2D eigenvalue weighted by Crippen LogP contribution is 2.70. The van der Waals surface area contributed by atoms with Crippen molar-refractivity contribution in [1.29, 1.82) is 0 Å². The third-order valence-corrected chi connectivity index (χ3v) is 12.1. The number of piperidine rings is 1. The first-order chi connectivity index (χ1) is 17.1. The summed E-state index contributed by atoms with van der Waals surface area (Å²) in [5.41, 5.74) is -0.490. The van der Waals surface area contributed by atoms with E-state index in [0.717, 1.165) is 57.1 Å². The topological polar surface area (TPSA) is 59.0 Å². The van der Waals surface area contributed by atoms with Crippen molar-refractivity contribution in [3.8, 4) is 0 Å². The summed E-state index contributed by atoms with van der Waals surface area (Å²) in [6.45, 7) is 3.13. The van der Waals surface area contributed by atoms with Crippen LogP contribution in [0.5, 0.6) is 0 Å². The third-order valence-electron chi connectivity index (χ3n) is 12.1. The van der Waals surface area contributed by atoms with Crippen LogP contribution in [0.3, 0.4) is 0 Å². The van der Waals surface area contributed by atoms with Crippen LogP contribution in [0.1, 0.15) is 103 Å². The number of Topliss-reactive ketones (excluding diaryl/α,β-unsaturated/α-hetero) is 1. The second-order valence-electron chi connectivity index (χ2n) is 13.6. The molecule has 196 valence electrons. The van der Waals surface area contributed by atoms with Crippen LogP contribution in [-0.2, 0) is 14.3 Å². The Morgan fingerprint density at radius 2 is 1.83 bits per heavy atom. The molecule has 0 aromatic carbocycles. The summed E-state index contributed by atoms with van der Waals surface area (Å²) in [5.74, 6) is 2.89. The first-order valence-corrected chi connectivity index (χ1v) is 15.4. The summed E-state index contributed by atoms with van der Waals surface area (Å²) >= 11 is 0. The van der Waals surface area contributed by atoms with Crippen molar-refractivity contribution in [3.63, 3.8) is 0 Å². The third kappa shape index (κ3) is 3.50. The predicted molar refractivity (Wildman–Crippen MR) is 134 cm³/mol. The largest absolute Gasteiger partial charge is 0.390 e. The van der Waals surface area contributed by atoms with Gasteiger partial charge in [-0.25, -0.2) is 0 Å². The van der Waals surface area contributed by atoms with E-state index in [1.807, 2.05) is 0 Å². The molecule has 2 heterocycles. The molecule has 5 nitrogen and oxygen atoms in total. The van der Waals surface area contributed by atoms with Gasteiger partial charge in [-0.15, -0.1) is 0 Å². The molecule has 7 fully saturated rings. The van der Waals surface area contributed by atoms with Crippen LogP contribution in [0, 0.1) is 29.1 Å². The molecule has 0 aromatic heterocycles. The molecule has 2 bridgehead atoms. The van der Waals surface area contributed by atoms with Gasteiger partial charge < -0.3 is 14.6 Å². The van der Waals surface area contributed by atoms with Gasteiger partial charge in [-0.1, -0.05) is 38.5 Å². The number of ketones is 1. The molecule has 2 saturated heterocycles. The first kappa shape index (κ1) is 23.6. The highest BCUT2D eigenvalue weighted by Gasteiger charge is 2.78. The molecular formula is C30H47NO4. The number of rotatable bonds is 7. The van der Waals surface area contributed by atoms with E-state index in [-0.39, 0.29) is 23.2 Å². The number of aliphatic hydroxyl groups is 1. The van der Waals surface area contributed by atoms with Gasteiger partial charge in [0, 0.05) is 36.9 Å². The Kier molecular flexibility index (Phi) is 6.12. The van der Waals surface area contributed by atoms with Gasteiger partial charge in [-0.3, -0.25) is 9.69 Å². The second-order valence-corrected chi connectivity index (χ2v) is 13.6. The van der Waals surface area contributed by atoms with E-state index in [4.69, 9.17) is 9.47 Å². The number of aliphatic hydroxyl groups excluding tert-OH is 1. The van der Waals surface area contributed by atoms with E-state index in [1.165, 1.54) is 70.8 Å². The summed E-state index contributed by atoms with van der Waals surface area (Å²) in [7, 11) is 0. The summed E-state index contributed by atoms with van der Waals surface area (Å²) in [6.07, 6.45) is 18.3. The van der Waals surface area contributed by atoms with Gasteiger partial charge in [0.15, 0.2) is 5.78 Å². The van der Waals surface area contributed by atoms with Crippen LogP contribution in [-0.4, -0.2) is 65.4 Å².